The Morgan fingerprint density at radius 1 is 1.28 bits per heavy atom. The van der Waals surface area contributed by atoms with Crippen LogP contribution in [-0.2, 0) is 12.6 Å². The largest absolute Gasteiger partial charge is 0.418 e. The molecule has 1 fully saturated rings. The summed E-state index contributed by atoms with van der Waals surface area (Å²) in [4.78, 5) is 1.94. The molecular weight excluding hydrogens is 241 g/mol. The van der Waals surface area contributed by atoms with Gasteiger partial charge in [0, 0.05) is 19.1 Å². The summed E-state index contributed by atoms with van der Waals surface area (Å²) >= 11 is 0. The van der Waals surface area contributed by atoms with E-state index in [2.05, 4.69) is 5.32 Å². The summed E-state index contributed by atoms with van der Waals surface area (Å²) in [7, 11) is 0. The minimum Gasteiger partial charge on any atom is -0.366 e. The van der Waals surface area contributed by atoms with Gasteiger partial charge < -0.3 is 10.2 Å². The molecule has 0 bridgehead atoms. The van der Waals surface area contributed by atoms with Crippen LogP contribution in [0.15, 0.2) is 18.2 Å². The predicted molar refractivity (Wildman–Crippen MR) is 63.8 cm³/mol. The maximum atomic E-state index is 13.1. The molecule has 0 amide bonds. The monoisotopic (exact) mass is 256 g/mol. The van der Waals surface area contributed by atoms with E-state index in [1.54, 1.807) is 0 Å². The molecule has 0 aliphatic carbocycles. The molecule has 0 radical (unpaired) electrons. The van der Waals surface area contributed by atoms with Crippen molar-refractivity contribution in [3.8, 4) is 0 Å². The fourth-order valence-electron chi connectivity index (χ4n) is 2.99. The maximum absolute atomic E-state index is 13.1. The zero-order chi connectivity index (χ0) is 12.8. The zero-order valence-corrected chi connectivity index (χ0v) is 9.93. The summed E-state index contributed by atoms with van der Waals surface area (Å²) in [5.74, 6) is 0. The maximum Gasteiger partial charge on any atom is 0.418 e. The first kappa shape index (κ1) is 11.8. The van der Waals surface area contributed by atoms with E-state index in [9.17, 15) is 13.2 Å². The lowest BCUT2D eigenvalue weighted by Crippen LogP contribution is -2.37. The van der Waals surface area contributed by atoms with Crippen LogP contribution in [0.3, 0.4) is 0 Å². The first-order chi connectivity index (χ1) is 8.57. The average Bonchev–Trinajstić information content (AvgIpc) is 2.51. The lowest BCUT2D eigenvalue weighted by atomic mass is 10.1. The minimum atomic E-state index is -4.26. The quantitative estimate of drug-likeness (QED) is 0.767. The van der Waals surface area contributed by atoms with Gasteiger partial charge >= 0.3 is 6.18 Å². The summed E-state index contributed by atoms with van der Waals surface area (Å²) in [6.07, 6.45) is -2.66. The Labute approximate surface area is 104 Å². The third-order valence-electron chi connectivity index (χ3n) is 3.74. The van der Waals surface area contributed by atoms with Crippen LogP contribution in [0.25, 0.3) is 0 Å². The van der Waals surface area contributed by atoms with E-state index in [1.807, 2.05) is 11.0 Å². The molecule has 1 aromatic rings. The molecule has 2 aliphatic heterocycles. The number of nitrogens with one attached hydrogen (secondary N) is 1. The summed E-state index contributed by atoms with van der Waals surface area (Å²) < 4.78 is 39.2. The topological polar surface area (TPSA) is 15.3 Å². The molecule has 0 saturated carbocycles. The Kier molecular flexibility index (Phi) is 2.73. The van der Waals surface area contributed by atoms with Gasteiger partial charge in [-0.25, -0.2) is 0 Å². The van der Waals surface area contributed by atoms with Crippen molar-refractivity contribution in [2.75, 3.05) is 24.5 Å². The second-order valence-corrected chi connectivity index (χ2v) is 4.92. The summed E-state index contributed by atoms with van der Waals surface area (Å²) in [6, 6.07) is 4.70. The molecule has 5 heteroatoms. The molecule has 98 valence electrons. The van der Waals surface area contributed by atoms with Gasteiger partial charge in [-0.3, -0.25) is 0 Å². The van der Waals surface area contributed by atoms with Gasteiger partial charge in [-0.05, 0) is 31.0 Å². The first-order valence-corrected chi connectivity index (χ1v) is 6.24. The van der Waals surface area contributed by atoms with Gasteiger partial charge in [-0.2, -0.15) is 13.2 Å². The molecule has 18 heavy (non-hydrogen) atoms. The molecule has 2 heterocycles. The van der Waals surface area contributed by atoms with Gasteiger partial charge in [0.05, 0.1) is 11.3 Å². The van der Waals surface area contributed by atoms with Crippen LogP contribution in [0.1, 0.15) is 17.5 Å². The van der Waals surface area contributed by atoms with E-state index < -0.39 is 11.7 Å². The van der Waals surface area contributed by atoms with Crippen molar-refractivity contribution < 1.29 is 13.2 Å². The highest BCUT2D eigenvalue weighted by atomic mass is 19.4. The van der Waals surface area contributed by atoms with Crippen molar-refractivity contribution in [2.45, 2.75) is 25.1 Å². The third kappa shape index (κ3) is 1.86. The highest BCUT2D eigenvalue weighted by Crippen LogP contribution is 2.43. The normalized spacial score (nSPS) is 23.5. The van der Waals surface area contributed by atoms with E-state index in [1.165, 1.54) is 12.1 Å². The Bertz CT molecular complexity index is 456. The summed E-state index contributed by atoms with van der Waals surface area (Å²) in [5, 5.41) is 3.29. The fraction of sp³-hybridized carbons (Fsp3) is 0.538. The van der Waals surface area contributed by atoms with Gasteiger partial charge in [-0.15, -0.1) is 0 Å². The molecule has 1 N–H and O–H groups in total. The van der Waals surface area contributed by atoms with E-state index in [-0.39, 0.29) is 6.04 Å². The Morgan fingerprint density at radius 2 is 2.11 bits per heavy atom. The molecule has 2 nitrogen and oxygen atoms in total. The first-order valence-electron chi connectivity index (χ1n) is 6.24. The second kappa shape index (κ2) is 4.16. The smallest absolute Gasteiger partial charge is 0.366 e. The average molecular weight is 256 g/mol. The van der Waals surface area contributed by atoms with Crippen molar-refractivity contribution in [3.05, 3.63) is 29.3 Å². The summed E-state index contributed by atoms with van der Waals surface area (Å²) in [5.41, 5.74) is 0.765. The second-order valence-electron chi connectivity index (χ2n) is 4.92. The van der Waals surface area contributed by atoms with E-state index in [4.69, 9.17) is 0 Å². The molecule has 3 rings (SSSR count). The Morgan fingerprint density at radius 3 is 2.89 bits per heavy atom. The van der Waals surface area contributed by atoms with E-state index >= 15 is 0 Å². The number of nitrogens with zero attached hydrogens (tertiary/aromatic N) is 1. The van der Waals surface area contributed by atoms with Crippen molar-refractivity contribution in [1.29, 1.82) is 0 Å². The zero-order valence-electron chi connectivity index (χ0n) is 9.93. The van der Waals surface area contributed by atoms with Crippen molar-refractivity contribution >= 4 is 5.69 Å². The Hall–Kier alpha value is -1.23. The molecule has 0 spiro atoms. The van der Waals surface area contributed by atoms with Crippen molar-refractivity contribution in [1.82, 2.24) is 5.32 Å². The van der Waals surface area contributed by atoms with Crippen LogP contribution in [0, 0.1) is 0 Å². The molecule has 2 aliphatic rings. The molecular formula is C13H15F3N2. The lowest BCUT2D eigenvalue weighted by molar-refractivity contribution is -0.137. The number of benzene rings is 1. The van der Waals surface area contributed by atoms with Crippen LogP contribution in [-0.4, -0.2) is 25.7 Å². The highest BCUT2D eigenvalue weighted by Gasteiger charge is 2.40. The van der Waals surface area contributed by atoms with Gasteiger partial charge in [-0.1, -0.05) is 12.1 Å². The molecule has 1 atom stereocenters. The van der Waals surface area contributed by atoms with Gasteiger partial charge in [0.2, 0.25) is 0 Å². The Balaban J connectivity index is 2.06. The molecule has 0 aromatic heterocycles. The number of rotatable bonds is 0. The SMILES string of the molecule is FC(F)(F)c1cccc2c1N1CCCNCC1C2. The molecule has 1 unspecified atom stereocenters. The van der Waals surface area contributed by atoms with Crippen LogP contribution in [0.2, 0.25) is 0 Å². The van der Waals surface area contributed by atoms with Crippen molar-refractivity contribution in [3.63, 3.8) is 0 Å². The van der Waals surface area contributed by atoms with E-state index in [0.29, 0.717) is 18.7 Å². The third-order valence-corrected chi connectivity index (χ3v) is 3.74. The van der Waals surface area contributed by atoms with Gasteiger partial charge in [0.1, 0.15) is 0 Å². The van der Waals surface area contributed by atoms with Crippen LogP contribution in [0.5, 0.6) is 0 Å². The summed E-state index contributed by atoms with van der Waals surface area (Å²) in [6.45, 7) is 2.36. The standard InChI is InChI=1S/C13H15F3N2/c14-13(15,16)11-4-1-3-9-7-10-8-17-5-2-6-18(10)12(9)11/h1,3-4,10,17H,2,5-8H2. The number of hydrogen-bond donors (Lipinski definition) is 1. The molecule has 1 saturated heterocycles. The fourth-order valence-corrected chi connectivity index (χ4v) is 2.99. The lowest BCUT2D eigenvalue weighted by Gasteiger charge is -2.27. The van der Waals surface area contributed by atoms with Gasteiger partial charge in [0.15, 0.2) is 0 Å². The van der Waals surface area contributed by atoms with Crippen LogP contribution >= 0.6 is 0 Å². The number of para-hydroxylation sites is 1. The number of hydrogen-bond acceptors (Lipinski definition) is 2. The number of halogens is 3. The number of anilines is 1. The van der Waals surface area contributed by atoms with Crippen LogP contribution < -0.4 is 10.2 Å². The molecule has 1 aromatic carbocycles. The van der Waals surface area contributed by atoms with Crippen molar-refractivity contribution in [2.24, 2.45) is 0 Å². The van der Waals surface area contributed by atoms with E-state index in [0.717, 1.165) is 25.1 Å². The highest BCUT2D eigenvalue weighted by molar-refractivity contribution is 5.65. The number of alkyl halides is 3. The minimum absolute atomic E-state index is 0.172. The number of fused-ring (bicyclic) bond motifs is 3. The predicted octanol–water partition coefficient (Wildman–Crippen LogP) is 2.43. The van der Waals surface area contributed by atoms with Crippen LogP contribution in [0.4, 0.5) is 18.9 Å². The van der Waals surface area contributed by atoms with Gasteiger partial charge in [0.25, 0.3) is 0 Å².